The molecule has 0 saturated heterocycles. The maximum atomic E-state index is 13.3. The first kappa shape index (κ1) is 29.0. The summed E-state index contributed by atoms with van der Waals surface area (Å²) in [6, 6.07) is 17.4. The average molecular weight is 536 g/mol. The molecule has 2 atom stereocenters. The number of nitrogens with one attached hydrogen (secondary N) is 1. The summed E-state index contributed by atoms with van der Waals surface area (Å²) in [7, 11) is 0. The number of halogens is 1. The molecule has 2 aromatic rings. The summed E-state index contributed by atoms with van der Waals surface area (Å²) >= 11 is 7.97. The van der Waals surface area contributed by atoms with Crippen molar-refractivity contribution in [1.82, 2.24) is 5.32 Å². The molecule has 188 valence electrons. The molecule has 0 unspecified atom stereocenters. The van der Waals surface area contributed by atoms with Crippen LogP contribution in [-0.2, 0) is 25.5 Å². The second kappa shape index (κ2) is 17.2. The van der Waals surface area contributed by atoms with E-state index in [0.29, 0.717) is 36.0 Å². The third-order valence-electron chi connectivity index (χ3n) is 4.63. The van der Waals surface area contributed by atoms with E-state index in [2.05, 4.69) is 11.9 Å². The lowest BCUT2D eigenvalue weighted by atomic mass is 10.1. The number of ether oxygens (including phenoxy) is 2. The molecule has 0 spiro atoms. The van der Waals surface area contributed by atoms with E-state index in [1.165, 1.54) is 11.8 Å². The second-order valence-corrected chi connectivity index (χ2v) is 9.93. The fourth-order valence-electron chi connectivity index (χ4n) is 2.95. The standard InChI is InChI=1S/C26H30ClNO5S2/c1-2-17-34-19-22(25(30)33-16-15-32-14-13-27)28-24(29)23(18-20-9-5-3-6-10-20)35-26(31)21-11-7-4-8-12-21/h2-12,22-23H,1,13-19H2,(H,28,29)/t22-,23-/m0/s1. The summed E-state index contributed by atoms with van der Waals surface area (Å²) in [6.45, 7) is 4.33. The Bertz CT molecular complexity index is 930. The molecular weight excluding hydrogens is 506 g/mol. The Morgan fingerprint density at radius 2 is 1.69 bits per heavy atom. The fraction of sp³-hybridized carbons (Fsp3) is 0.346. The van der Waals surface area contributed by atoms with Gasteiger partial charge < -0.3 is 14.8 Å². The molecule has 0 aliphatic carbocycles. The predicted molar refractivity (Wildman–Crippen MR) is 144 cm³/mol. The van der Waals surface area contributed by atoms with Gasteiger partial charge in [0.15, 0.2) is 0 Å². The quantitative estimate of drug-likeness (QED) is 0.148. The van der Waals surface area contributed by atoms with E-state index in [4.69, 9.17) is 21.1 Å². The summed E-state index contributed by atoms with van der Waals surface area (Å²) in [5.74, 6) is 0.333. The minimum atomic E-state index is -0.869. The smallest absolute Gasteiger partial charge is 0.329 e. The zero-order valence-corrected chi connectivity index (χ0v) is 21.8. The Balaban J connectivity index is 2.10. The highest BCUT2D eigenvalue weighted by Crippen LogP contribution is 2.22. The Hall–Kier alpha value is -2.26. The van der Waals surface area contributed by atoms with Crippen molar-refractivity contribution in [1.29, 1.82) is 0 Å². The molecule has 0 aliphatic rings. The zero-order chi connectivity index (χ0) is 25.3. The van der Waals surface area contributed by atoms with Crippen LogP contribution in [0.5, 0.6) is 0 Å². The molecular formula is C26H30ClNO5S2. The molecule has 2 rings (SSSR count). The maximum Gasteiger partial charge on any atom is 0.329 e. The van der Waals surface area contributed by atoms with Crippen molar-refractivity contribution in [2.24, 2.45) is 0 Å². The van der Waals surface area contributed by atoms with Gasteiger partial charge in [0.2, 0.25) is 11.0 Å². The second-order valence-electron chi connectivity index (χ2n) is 7.31. The van der Waals surface area contributed by atoms with Crippen LogP contribution in [0.3, 0.4) is 0 Å². The van der Waals surface area contributed by atoms with Crippen LogP contribution in [0, 0.1) is 0 Å². The minimum absolute atomic E-state index is 0.0584. The van der Waals surface area contributed by atoms with Gasteiger partial charge in [-0.1, -0.05) is 78.5 Å². The van der Waals surface area contributed by atoms with Gasteiger partial charge in [-0.2, -0.15) is 11.8 Å². The number of benzene rings is 2. The molecule has 0 heterocycles. The largest absolute Gasteiger partial charge is 0.462 e. The predicted octanol–water partition coefficient (Wildman–Crippen LogP) is 4.37. The van der Waals surface area contributed by atoms with Crippen LogP contribution in [0.15, 0.2) is 73.3 Å². The van der Waals surface area contributed by atoms with Crippen LogP contribution in [0.4, 0.5) is 0 Å². The number of esters is 1. The third-order valence-corrected chi connectivity index (χ3v) is 6.94. The van der Waals surface area contributed by atoms with Crippen molar-refractivity contribution in [3.63, 3.8) is 0 Å². The third kappa shape index (κ3) is 11.3. The number of rotatable bonds is 16. The van der Waals surface area contributed by atoms with E-state index in [1.54, 1.807) is 30.3 Å². The van der Waals surface area contributed by atoms with Gasteiger partial charge in [0, 0.05) is 22.9 Å². The van der Waals surface area contributed by atoms with Crippen molar-refractivity contribution in [2.45, 2.75) is 17.7 Å². The van der Waals surface area contributed by atoms with E-state index < -0.39 is 23.2 Å². The highest BCUT2D eigenvalue weighted by molar-refractivity contribution is 8.15. The normalized spacial score (nSPS) is 12.4. The van der Waals surface area contributed by atoms with E-state index in [-0.39, 0.29) is 18.3 Å². The molecule has 6 nitrogen and oxygen atoms in total. The van der Waals surface area contributed by atoms with Gasteiger partial charge >= 0.3 is 5.97 Å². The fourth-order valence-corrected chi connectivity index (χ4v) is 4.80. The number of hydrogen-bond donors (Lipinski definition) is 1. The van der Waals surface area contributed by atoms with Crippen LogP contribution in [0.25, 0.3) is 0 Å². The number of amides is 1. The molecule has 35 heavy (non-hydrogen) atoms. The number of hydrogen-bond acceptors (Lipinski definition) is 7. The van der Waals surface area contributed by atoms with Crippen molar-refractivity contribution in [3.05, 3.63) is 84.4 Å². The van der Waals surface area contributed by atoms with Crippen molar-refractivity contribution in [3.8, 4) is 0 Å². The van der Waals surface area contributed by atoms with Gasteiger partial charge in [-0.3, -0.25) is 9.59 Å². The molecule has 0 bridgehead atoms. The lowest BCUT2D eigenvalue weighted by Gasteiger charge is -2.21. The average Bonchev–Trinajstić information content (AvgIpc) is 2.88. The monoisotopic (exact) mass is 535 g/mol. The van der Waals surface area contributed by atoms with Gasteiger partial charge in [-0.25, -0.2) is 4.79 Å². The zero-order valence-electron chi connectivity index (χ0n) is 19.4. The van der Waals surface area contributed by atoms with Gasteiger partial charge in [0.25, 0.3) is 0 Å². The number of thioether (sulfide) groups is 2. The van der Waals surface area contributed by atoms with E-state index in [1.807, 2.05) is 36.4 Å². The Labute approximate surface area is 220 Å². The summed E-state index contributed by atoms with van der Waals surface area (Å²) in [5.41, 5.74) is 1.43. The Kier molecular flexibility index (Phi) is 14.3. The molecule has 0 fully saturated rings. The highest BCUT2D eigenvalue weighted by atomic mass is 35.5. The molecule has 1 amide bonds. The van der Waals surface area contributed by atoms with Crippen LogP contribution >= 0.6 is 35.1 Å². The molecule has 0 aliphatic heterocycles. The lowest BCUT2D eigenvalue weighted by Crippen LogP contribution is -2.47. The molecule has 0 radical (unpaired) electrons. The summed E-state index contributed by atoms with van der Waals surface area (Å²) < 4.78 is 10.5. The van der Waals surface area contributed by atoms with E-state index in [0.717, 1.165) is 17.3 Å². The minimum Gasteiger partial charge on any atom is -0.462 e. The Morgan fingerprint density at radius 3 is 2.34 bits per heavy atom. The molecule has 0 aromatic heterocycles. The number of carbonyl (C=O) groups excluding carboxylic acids is 3. The SMILES string of the molecule is C=CCSC[C@H](NC(=O)[C@H](Cc1ccccc1)SC(=O)c1ccccc1)C(=O)OCCOCCCl. The Morgan fingerprint density at radius 1 is 1.00 bits per heavy atom. The van der Waals surface area contributed by atoms with Gasteiger partial charge in [-0.15, -0.1) is 18.2 Å². The first-order valence-electron chi connectivity index (χ1n) is 11.1. The first-order valence-corrected chi connectivity index (χ1v) is 13.7. The van der Waals surface area contributed by atoms with Crippen LogP contribution < -0.4 is 5.32 Å². The van der Waals surface area contributed by atoms with Gasteiger partial charge in [0.05, 0.1) is 18.5 Å². The van der Waals surface area contributed by atoms with E-state index in [9.17, 15) is 14.4 Å². The topological polar surface area (TPSA) is 81.7 Å². The summed E-state index contributed by atoms with van der Waals surface area (Å²) in [6.07, 6.45) is 2.06. The summed E-state index contributed by atoms with van der Waals surface area (Å²) in [4.78, 5) is 38.9. The molecule has 0 saturated carbocycles. The van der Waals surface area contributed by atoms with Gasteiger partial charge in [-0.05, 0) is 12.0 Å². The van der Waals surface area contributed by atoms with Crippen molar-refractivity contribution < 1.29 is 23.9 Å². The first-order chi connectivity index (χ1) is 17.0. The van der Waals surface area contributed by atoms with Crippen molar-refractivity contribution in [2.75, 3.05) is 37.2 Å². The number of carbonyl (C=O) groups is 3. The maximum absolute atomic E-state index is 13.3. The molecule has 2 aromatic carbocycles. The van der Waals surface area contributed by atoms with E-state index >= 15 is 0 Å². The van der Waals surface area contributed by atoms with Crippen LogP contribution in [-0.4, -0.2) is 65.5 Å². The van der Waals surface area contributed by atoms with Gasteiger partial charge in [0.1, 0.15) is 12.6 Å². The van der Waals surface area contributed by atoms with Crippen molar-refractivity contribution >= 4 is 52.1 Å². The molecule has 9 heteroatoms. The molecule has 1 N–H and O–H groups in total. The van der Waals surface area contributed by atoms with Crippen LogP contribution in [0.2, 0.25) is 0 Å². The lowest BCUT2D eigenvalue weighted by molar-refractivity contribution is -0.148. The highest BCUT2D eigenvalue weighted by Gasteiger charge is 2.29. The summed E-state index contributed by atoms with van der Waals surface area (Å²) in [5, 5.41) is 1.87. The van der Waals surface area contributed by atoms with Crippen LogP contribution in [0.1, 0.15) is 15.9 Å². The number of alkyl halides is 1.